The van der Waals surface area contributed by atoms with Crippen LogP contribution in [0.2, 0.25) is 0 Å². The molecule has 0 bridgehead atoms. The molecule has 0 amide bonds. The number of hydrogen-bond donors (Lipinski definition) is 0. The van der Waals surface area contributed by atoms with Crippen molar-refractivity contribution in [1.29, 1.82) is 0 Å². The van der Waals surface area contributed by atoms with E-state index in [1.165, 1.54) is 101 Å². The monoisotopic (exact) mass is 820 g/mol. The molecule has 0 radical (unpaired) electrons. The summed E-state index contributed by atoms with van der Waals surface area (Å²) in [5, 5.41) is 0. The predicted octanol–water partition coefficient (Wildman–Crippen LogP) is 5.23. The number of nitrogens with zero attached hydrogens (tertiary/aromatic N) is 2. The normalized spacial score (nSPS) is 11.4. The molecule has 2 aromatic rings. The highest BCUT2D eigenvalue weighted by atomic mass is 79.9. The molecule has 0 aliphatic carbocycles. The van der Waals surface area contributed by atoms with Crippen LogP contribution >= 0.6 is 0 Å². The van der Waals surface area contributed by atoms with Crippen molar-refractivity contribution < 1.29 is 52.4 Å². The highest BCUT2D eigenvalue weighted by Crippen LogP contribution is 2.35. The number of quaternary nitrogens is 2. The van der Waals surface area contributed by atoms with Crippen molar-refractivity contribution >= 4 is 0 Å². The van der Waals surface area contributed by atoms with E-state index >= 15 is 0 Å². The standard InChI is InChI=1S/C44H74N2O2.2BrH/c1-9-13-15-17-19-21-31-45(5,6)33-23-35-47-43-30-28-40(38-41(43)26-12-4)42-37-39(25-11-3)27-29-44(42)48-36-24-34-46(7,8)32-22-20-18-16-14-10-2;;/h11-12,27-30,37-38H,3-4,9-10,13-26,31-36H2,1-2,5-8H3;2*1H/q+2;;/p-2. The van der Waals surface area contributed by atoms with Crippen molar-refractivity contribution in [3.05, 3.63) is 72.8 Å². The molecule has 2 aromatic carbocycles. The number of unbranched alkanes of at least 4 members (excludes halogenated alkanes) is 10. The van der Waals surface area contributed by atoms with E-state index in [0.717, 1.165) is 83.6 Å². The van der Waals surface area contributed by atoms with E-state index in [1.807, 2.05) is 12.2 Å². The van der Waals surface area contributed by atoms with Gasteiger partial charge >= 0.3 is 0 Å². The molecule has 0 fully saturated rings. The topological polar surface area (TPSA) is 18.5 Å². The molecule has 0 saturated carbocycles. The molecule has 0 aromatic heterocycles. The van der Waals surface area contributed by atoms with Crippen LogP contribution in [-0.4, -0.2) is 76.5 Å². The van der Waals surface area contributed by atoms with Crippen LogP contribution in [0.4, 0.5) is 0 Å². The Morgan fingerprint density at radius 1 is 0.540 bits per heavy atom. The molecule has 286 valence electrons. The van der Waals surface area contributed by atoms with Gasteiger partial charge in [0.05, 0.1) is 67.6 Å². The fourth-order valence-electron chi connectivity index (χ4n) is 6.64. The molecule has 0 spiro atoms. The molecule has 4 nitrogen and oxygen atoms in total. The Bertz CT molecular complexity index is 1180. The number of allylic oxidation sites excluding steroid dienone is 2. The molecule has 0 aliphatic heterocycles. The number of halogens is 2. The summed E-state index contributed by atoms with van der Waals surface area (Å²) < 4.78 is 15.0. The summed E-state index contributed by atoms with van der Waals surface area (Å²) in [6, 6.07) is 13.2. The van der Waals surface area contributed by atoms with Crippen molar-refractivity contribution in [2.24, 2.45) is 0 Å². The summed E-state index contributed by atoms with van der Waals surface area (Å²) in [6.07, 6.45) is 23.9. The van der Waals surface area contributed by atoms with E-state index in [1.54, 1.807) is 0 Å². The molecule has 2 rings (SSSR count). The van der Waals surface area contributed by atoms with E-state index in [-0.39, 0.29) is 34.0 Å². The maximum absolute atomic E-state index is 6.49. The van der Waals surface area contributed by atoms with Gasteiger partial charge in [-0.3, -0.25) is 0 Å². The molecular weight excluding hydrogens is 748 g/mol. The van der Waals surface area contributed by atoms with Crippen molar-refractivity contribution in [1.82, 2.24) is 0 Å². The summed E-state index contributed by atoms with van der Waals surface area (Å²) in [7, 11) is 9.45. The zero-order valence-corrected chi connectivity index (χ0v) is 36.2. The van der Waals surface area contributed by atoms with Crippen LogP contribution < -0.4 is 43.4 Å². The van der Waals surface area contributed by atoms with Gasteiger partial charge in [0.25, 0.3) is 0 Å². The van der Waals surface area contributed by atoms with Crippen molar-refractivity contribution in [3.63, 3.8) is 0 Å². The first-order chi connectivity index (χ1) is 23.1. The second-order valence-corrected chi connectivity index (χ2v) is 15.3. The van der Waals surface area contributed by atoms with Crippen LogP contribution in [0, 0.1) is 0 Å². The van der Waals surface area contributed by atoms with Gasteiger partial charge in [-0.15, -0.1) is 13.2 Å². The fraction of sp³-hybridized carbons (Fsp3) is 0.636. The zero-order chi connectivity index (χ0) is 35.1. The van der Waals surface area contributed by atoms with Gasteiger partial charge in [-0.25, -0.2) is 0 Å². The Labute approximate surface area is 330 Å². The summed E-state index contributed by atoms with van der Waals surface area (Å²) in [5.74, 6) is 1.92. The zero-order valence-electron chi connectivity index (χ0n) is 33.1. The Balaban J connectivity index is 0.0000120. The number of benzene rings is 2. The molecule has 0 unspecified atom stereocenters. The second-order valence-electron chi connectivity index (χ2n) is 15.3. The molecule has 0 aliphatic rings. The van der Waals surface area contributed by atoms with Crippen molar-refractivity contribution in [2.45, 2.75) is 117 Å². The lowest BCUT2D eigenvalue weighted by Gasteiger charge is -2.30. The minimum atomic E-state index is 0. The third-order valence-electron chi connectivity index (χ3n) is 9.72. The summed E-state index contributed by atoms with van der Waals surface area (Å²) in [4.78, 5) is 0. The first kappa shape index (κ1) is 48.4. The minimum Gasteiger partial charge on any atom is -1.00 e. The Morgan fingerprint density at radius 2 is 1.00 bits per heavy atom. The maximum atomic E-state index is 6.49. The van der Waals surface area contributed by atoms with Gasteiger partial charge < -0.3 is 52.4 Å². The largest absolute Gasteiger partial charge is 1.00 e. The Morgan fingerprint density at radius 3 is 1.52 bits per heavy atom. The van der Waals surface area contributed by atoms with Gasteiger partial charge in [0.2, 0.25) is 0 Å². The SMILES string of the molecule is C=CCc1ccc(OCCC[N+](C)(C)CCCCCCCC)c(-c2ccc(OCCC[N+](C)(C)CCCCCCCC)c(CC=C)c2)c1.[Br-].[Br-]. The Hall–Kier alpha value is -1.60. The average molecular weight is 823 g/mol. The van der Waals surface area contributed by atoms with Crippen LogP contribution in [0.5, 0.6) is 11.5 Å². The average Bonchev–Trinajstić information content (AvgIpc) is 3.06. The lowest BCUT2D eigenvalue weighted by atomic mass is 9.97. The first-order valence-corrected chi connectivity index (χ1v) is 19.5. The minimum absolute atomic E-state index is 0. The van der Waals surface area contributed by atoms with Crippen LogP contribution in [0.15, 0.2) is 61.7 Å². The van der Waals surface area contributed by atoms with Gasteiger partial charge in [0, 0.05) is 18.4 Å². The van der Waals surface area contributed by atoms with Crippen LogP contribution in [0.3, 0.4) is 0 Å². The van der Waals surface area contributed by atoms with E-state index in [9.17, 15) is 0 Å². The number of rotatable bonds is 29. The predicted molar refractivity (Wildman–Crippen MR) is 210 cm³/mol. The maximum Gasteiger partial charge on any atom is 0.127 e. The van der Waals surface area contributed by atoms with Crippen LogP contribution in [-0.2, 0) is 12.8 Å². The van der Waals surface area contributed by atoms with E-state index in [0.29, 0.717) is 0 Å². The number of hydrogen-bond acceptors (Lipinski definition) is 2. The molecule has 0 N–H and O–H groups in total. The first-order valence-electron chi connectivity index (χ1n) is 19.5. The third-order valence-corrected chi connectivity index (χ3v) is 9.72. The molecule has 0 atom stereocenters. The van der Waals surface area contributed by atoms with Crippen molar-refractivity contribution in [2.75, 3.05) is 67.6 Å². The molecule has 0 saturated heterocycles. The van der Waals surface area contributed by atoms with E-state index < -0.39 is 0 Å². The summed E-state index contributed by atoms with van der Waals surface area (Å²) >= 11 is 0. The highest BCUT2D eigenvalue weighted by molar-refractivity contribution is 5.73. The van der Waals surface area contributed by atoms with Gasteiger partial charge in [-0.2, -0.15) is 0 Å². The van der Waals surface area contributed by atoms with E-state index in [4.69, 9.17) is 9.47 Å². The van der Waals surface area contributed by atoms with Gasteiger partial charge in [-0.05, 0) is 79.5 Å². The number of ether oxygens (including phenoxy) is 2. The van der Waals surface area contributed by atoms with Crippen LogP contribution in [0.25, 0.3) is 11.1 Å². The van der Waals surface area contributed by atoms with Gasteiger partial charge in [0.15, 0.2) is 0 Å². The molecule has 50 heavy (non-hydrogen) atoms. The fourth-order valence-corrected chi connectivity index (χ4v) is 6.64. The third kappa shape index (κ3) is 20.4. The van der Waals surface area contributed by atoms with Crippen molar-refractivity contribution in [3.8, 4) is 22.6 Å². The van der Waals surface area contributed by atoms with E-state index in [2.05, 4.69) is 91.6 Å². The van der Waals surface area contributed by atoms with Crippen LogP contribution in [0.1, 0.15) is 115 Å². The van der Waals surface area contributed by atoms with Gasteiger partial charge in [0.1, 0.15) is 11.5 Å². The molecule has 0 heterocycles. The summed E-state index contributed by atoms with van der Waals surface area (Å²) in [6.45, 7) is 18.8. The lowest BCUT2D eigenvalue weighted by Crippen LogP contribution is -3.00. The smallest absolute Gasteiger partial charge is 0.127 e. The molecule has 6 heteroatoms. The van der Waals surface area contributed by atoms with Gasteiger partial charge in [-0.1, -0.05) is 89.5 Å². The second kappa shape index (κ2) is 28.0. The quantitative estimate of drug-likeness (QED) is 0.0637. The molecular formula is C44H74Br2N2O2. The Kier molecular flexibility index (Phi) is 27.1. The summed E-state index contributed by atoms with van der Waals surface area (Å²) in [5.41, 5.74) is 4.73. The highest BCUT2D eigenvalue weighted by Gasteiger charge is 2.17. The lowest BCUT2D eigenvalue weighted by molar-refractivity contribution is -0.890.